The van der Waals surface area contributed by atoms with Gasteiger partial charge in [0.15, 0.2) is 4.77 Å². The summed E-state index contributed by atoms with van der Waals surface area (Å²) in [5, 5.41) is 0. The smallest absolute Gasteiger partial charge is 0.748 e. The van der Waals surface area contributed by atoms with Gasteiger partial charge in [0.25, 0.3) is 0 Å². The van der Waals surface area contributed by atoms with Crippen LogP contribution in [0.1, 0.15) is 5.56 Å². The molecule has 1 heterocycles. The van der Waals surface area contributed by atoms with Gasteiger partial charge in [-0.3, -0.25) is 0 Å². The molecule has 1 rings (SSSR count). The van der Waals surface area contributed by atoms with Crippen LogP contribution >= 0.6 is 24.4 Å². The quantitative estimate of drug-likeness (QED) is 0.363. The van der Waals surface area contributed by atoms with Gasteiger partial charge in [0.1, 0.15) is 4.64 Å². The van der Waals surface area contributed by atoms with Crippen LogP contribution in [0, 0.1) is 9.41 Å². The SMILES string of the molecule is CN(CCS(=O)(=O)[O-])Cc1c[nH]c(=S)[nH]c1=S.[Na+]. The number of aromatic nitrogens is 2. The molecule has 0 aliphatic heterocycles. The molecule has 18 heavy (non-hydrogen) atoms. The van der Waals surface area contributed by atoms with Crippen molar-refractivity contribution in [3.8, 4) is 0 Å². The molecule has 10 heteroatoms. The zero-order chi connectivity index (χ0) is 13.1. The van der Waals surface area contributed by atoms with E-state index in [2.05, 4.69) is 9.97 Å². The summed E-state index contributed by atoms with van der Waals surface area (Å²) >= 11 is 9.93. The number of aromatic amines is 2. The van der Waals surface area contributed by atoms with Crippen molar-refractivity contribution in [2.24, 2.45) is 0 Å². The average Bonchev–Trinajstić information content (AvgIpc) is 2.18. The van der Waals surface area contributed by atoms with Crippen LogP contribution in [-0.4, -0.2) is 47.2 Å². The van der Waals surface area contributed by atoms with Crippen LogP contribution < -0.4 is 29.6 Å². The van der Waals surface area contributed by atoms with E-state index in [1.54, 1.807) is 18.1 Å². The molecule has 1 aromatic rings. The zero-order valence-electron chi connectivity index (χ0n) is 10.1. The van der Waals surface area contributed by atoms with Gasteiger partial charge < -0.3 is 19.4 Å². The first-order valence-corrected chi connectivity index (χ1v) is 7.10. The molecule has 0 saturated carbocycles. The molecule has 0 aromatic carbocycles. The Morgan fingerprint density at radius 3 is 2.56 bits per heavy atom. The van der Waals surface area contributed by atoms with Gasteiger partial charge in [-0.1, -0.05) is 12.2 Å². The molecule has 96 valence electrons. The van der Waals surface area contributed by atoms with Crippen molar-refractivity contribution in [1.82, 2.24) is 14.9 Å². The summed E-state index contributed by atoms with van der Waals surface area (Å²) in [6, 6.07) is 0. The van der Waals surface area contributed by atoms with Crippen LogP contribution in [0.3, 0.4) is 0 Å². The zero-order valence-corrected chi connectivity index (χ0v) is 14.5. The minimum absolute atomic E-state index is 0. The van der Waals surface area contributed by atoms with Gasteiger partial charge in [-0.15, -0.1) is 0 Å². The summed E-state index contributed by atoms with van der Waals surface area (Å²) in [7, 11) is -2.47. The van der Waals surface area contributed by atoms with Crippen LogP contribution in [0.2, 0.25) is 0 Å². The monoisotopic (exact) mass is 317 g/mol. The normalized spacial score (nSPS) is 11.3. The summed E-state index contributed by atoms with van der Waals surface area (Å²) in [4.78, 5) is 7.29. The number of H-pyrrole nitrogens is 2. The van der Waals surface area contributed by atoms with E-state index in [-0.39, 0.29) is 36.1 Å². The third-order valence-corrected chi connectivity index (χ3v) is 3.33. The predicted octanol–water partition coefficient (Wildman–Crippen LogP) is -2.22. The van der Waals surface area contributed by atoms with Gasteiger partial charge in [0, 0.05) is 24.8 Å². The van der Waals surface area contributed by atoms with E-state index in [1.807, 2.05) is 0 Å². The maximum atomic E-state index is 10.5. The molecule has 0 radical (unpaired) electrons. The van der Waals surface area contributed by atoms with Crippen molar-refractivity contribution >= 4 is 34.6 Å². The van der Waals surface area contributed by atoms with Gasteiger partial charge in [0.05, 0.1) is 15.9 Å². The molecule has 0 fully saturated rings. The second-order valence-corrected chi connectivity index (χ2v) is 5.94. The summed E-state index contributed by atoms with van der Waals surface area (Å²) in [5.41, 5.74) is 0.791. The van der Waals surface area contributed by atoms with E-state index in [0.29, 0.717) is 16.0 Å². The molecule has 0 aliphatic rings. The molecule has 0 bridgehead atoms. The Morgan fingerprint density at radius 2 is 2.06 bits per heavy atom. The van der Waals surface area contributed by atoms with Crippen LogP contribution in [0.5, 0.6) is 0 Å². The first kappa shape index (κ1) is 18.4. The number of hydrogen-bond donors (Lipinski definition) is 2. The van der Waals surface area contributed by atoms with Gasteiger partial charge in [-0.25, -0.2) is 8.42 Å². The number of hydrogen-bond acceptors (Lipinski definition) is 6. The summed E-state index contributed by atoms with van der Waals surface area (Å²) in [6.07, 6.45) is 1.67. The molecule has 0 atom stereocenters. The maximum absolute atomic E-state index is 10.5. The first-order valence-electron chi connectivity index (χ1n) is 4.71. The Balaban J connectivity index is 0.00000289. The van der Waals surface area contributed by atoms with Crippen molar-refractivity contribution in [1.29, 1.82) is 0 Å². The van der Waals surface area contributed by atoms with Gasteiger partial charge >= 0.3 is 29.6 Å². The molecule has 0 saturated heterocycles. The van der Waals surface area contributed by atoms with Gasteiger partial charge in [-0.2, -0.15) is 0 Å². The number of nitrogens with zero attached hydrogens (tertiary/aromatic N) is 1. The third kappa shape index (κ3) is 7.10. The predicted molar refractivity (Wildman–Crippen MR) is 67.7 cm³/mol. The molecular formula is C8H12N3NaO3S3. The van der Waals surface area contributed by atoms with Gasteiger partial charge in [0.2, 0.25) is 0 Å². The van der Waals surface area contributed by atoms with E-state index in [0.717, 1.165) is 5.56 Å². The fourth-order valence-corrected chi connectivity index (χ4v) is 2.18. The molecule has 2 N–H and O–H groups in total. The summed E-state index contributed by atoms with van der Waals surface area (Å²) in [6.45, 7) is 0.604. The maximum Gasteiger partial charge on any atom is 1.00 e. The van der Waals surface area contributed by atoms with Crippen LogP contribution in [-0.2, 0) is 16.7 Å². The molecule has 1 aromatic heterocycles. The number of rotatable bonds is 5. The standard InChI is InChI=1S/C8H13N3O3S3.Na/c1-11(2-3-17(12,13)14)5-6-4-9-8(16)10-7(6)15;/h4H,2-3,5H2,1H3,(H,12,13,14)(H2,9,10,15,16);/q;+1/p-1. The van der Waals surface area contributed by atoms with Crippen molar-refractivity contribution in [2.45, 2.75) is 6.54 Å². The van der Waals surface area contributed by atoms with Crippen LogP contribution in [0.25, 0.3) is 0 Å². The molecule has 6 nitrogen and oxygen atoms in total. The van der Waals surface area contributed by atoms with E-state index in [4.69, 9.17) is 24.4 Å². The molecule has 0 spiro atoms. The first-order chi connectivity index (χ1) is 7.78. The fraction of sp³-hybridized carbons (Fsp3) is 0.500. The van der Waals surface area contributed by atoms with Gasteiger partial charge in [-0.05, 0) is 19.3 Å². The second-order valence-electron chi connectivity index (χ2n) is 3.60. The third-order valence-electron chi connectivity index (χ3n) is 2.06. The second kappa shape index (κ2) is 7.85. The Bertz CT molecular complexity index is 595. The molecule has 0 aliphatic carbocycles. The van der Waals surface area contributed by atoms with E-state index in [9.17, 15) is 13.0 Å². The van der Waals surface area contributed by atoms with Crippen molar-refractivity contribution in [2.75, 3.05) is 19.3 Å². The number of nitrogens with one attached hydrogen (secondary N) is 2. The molecule has 0 amide bonds. The minimum Gasteiger partial charge on any atom is -0.748 e. The van der Waals surface area contributed by atoms with Crippen molar-refractivity contribution in [3.63, 3.8) is 0 Å². The Kier molecular flexibility index (Phi) is 8.02. The Morgan fingerprint density at radius 1 is 1.44 bits per heavy atom. The summed E-state index contributed by atoms with van der Waals surface area (Å²) < 4.78 is 32.4. The van der Waals surface area contributed by atoms with Crippen LogP contribution in [0.4, 0.5) is 0 Å². The van der Waals surface area contributed by atoms with E-state index >= 15 is 0 Å². The Labute approximate surface area is 138 Å². The van der Waals surface area contributed by atoms with Crippen molar-refractivity contribution in [3.05, 3.63) is 21.2 Å². The molecule has 0 unspecified atom stereocenters. The average molecular weight is 317 g/mol. The Hall–Kier alpha value is 0.390. The fourth-order valence-electron chi connectivity index (χ4n) is 1.19. The summed E-state index contributed by atoms with van der Waals surface area (Å²) in [5.74, 6) is -0.414. The van der Waals surface area contributed by atoms with E-state index < -0.39 is 15.9 Å². The topological polar surface area (TPSA) is 92.0 Å². The minimum atomic E-state index is -4.18. The van der Waals surface area contributed by atoms with Crippen LogP contribution in [0.15, 0.2) is 6.20 Å². The van der Waals surface area contributed by atoms with Crippen molar-refractivity contribution < 1.29 is 42.5 Å². The van der Waals surface area contributed by atoms with E-state index in [1.165, 1.54) is 0 Å². The largest absolute Gasteiger partial charge is 1.00 e. The molecular weight excluding hydrogens is 305 g/mol.